The second kappa shape index (κ2) is 9.01. The molecule has 0 saturated carbocycles. The van der Waals surface area contributed by atoms with Crippen molar-refractivity contribution < 1.29 is 18.8 Å². The molecular weight excluding hydrogens is 384 g/mol. The normalized spacial score (nSPS) is 10.4. The van der Waals surface area contributed by atoms with Crippen LogP contribution in [0.3, 0.4) is 0 Å². The number of nitrogens with one attached hydrogen (secondary N) is 2. The molecule has 0 fully saturated rings. The standard InChI is InChI=1S/C19H17ClN4O4/c1-27-13-8-6-12(7-9-13)16-23-19(28-24-16)18(26)22-11-10-21-17(25)14-4-2-3-5-15(14)20/h2-9H,10-11H2,1H3,(H,21,25)(H,22,26). The van der Waals surface area contributed by atoms with Gasteiger partial charge in [-0.15, -0.1) is 0 Å². The first-order valence-corrected chi connectivity index (χ1v) is 8.75. The van der Waals surface area contributed by atoms with Crippen molar-refractivity contribution in [3.05, 3.63) is 65.0 Å². The van der Waals surface area contributed by atoms with Crippen molar-refractivity contribution in [2.24, 2.45) is 0 Å². The van der Waals surface area contributed by atoms with Gasteiger partial charge in [-0.05, 0) is 36.4 Å². The molecule has 1 heterocycles. The Morgan fingerprint density at radius 3 is 2.39 bits per heavy atom. The van der Waals surface area contributed by atoms with Gasteiger partial charge >= 0.3 is 11.8 Å². The number of rotatable bonds is 7. The number of ether oxygens (including phenoxy) is 1. The zero-order valence-electron chi connectivity index (χ0n) is 14.9. The Balaban J connectivity index is 1.49. The number of hydrogen-bond donors (Lipinski definition) is 2. The molecule has 0 aliphatic carbocycles. The number of hydrogen-bond acceptors (Lipinski definition) is 6. The molecule has 0 atom stereocenters. The minimum atomic E-state index is -0.528. The van der Waals surface area contributed by atoms with Crippen molar-refractivity contribution in [2.45, 2.75) is 0 Å². The van der Waals surface area contributed by atoms with Crippen molar-refractivity contribution in [1.82, 2.24) is 20.8 Å². The fourth-order valence-corrected chi connectivity index (χ4v) is 2.56. The van der Waals surface area contributed by atoms with Crippen molar-refractivity contribution in [2.75, 3.05) is 20.2 Å². The minimum Gasteiger partial charge on any atom is -0.497 e. The van der Waals surface area contributed by atoms with Crippen LogP contribution in [0.1, 0.15) is 21.0 Å². The highest BCUT2D eigenvalue weighted by atomic mass is 35.5. The predicted molar refractivity (Wildman–Crippen MR) is 102 cm³/mol. The third-order valence-corrected chi connectivity index (χ3v) is 4.11. The summed E-state index contributed by atoms with van der Waals surface area (Å²) in [7, 11) is 1.57. The molecule has 2 N–H and O–H groups in total. The number of amides is 2. The number of carbonyl (C=O) groups is 2. The number of aromatic nitrogens is 2. The van der Waals surface area contributed by atoms with Crippen molar-refractivity contribution in [3.63, 3.8) is 0 Å². The van der Waals surface area contributed by atoms with Crippen LogP contribution in [0, 0.1) is 0 Å². The fourth-order valence-electron chi connectivity index (χ4n) is 2.34. The molecule has 144 valence electrons. The van der Waals surface area contributed by atoms with Crippen LogP contribution in [0.25, 0.3) is 11.4 Å². The molecule has 9 heteroatoms. The number of methoxy groups -OCH3 is 1. The number of benzene rings is 2. The summed E-state index contributed by atoms with van der Waals surface area (Å²) < 4.78 is 10.1. The Bertz CT molecular complexity index is 972. The second-order valence-corrected chi connectivity index (χ2v) is 6.05. The van der Waals surface area contributed by atoms with Crippen LogP contribution in [0.4, 0.5) is 0 Å². The van der Waals surface area contributed by atoms with E-state index < -0.39 is 5.91 Å². The first-order valence-electron chi connectivity index (χ1n) is 8.37. The maximum Gasteiger partial charge on any atom is 0.316 e. The molecule has 0 spiro atoms. The van der Waals surface area contributed by atoms with Gasteiger partial charge in [0.05, 0.1) is 17.7 Å². The Hall–Kier alpha value is -3.39. The van der Waals surface area contributed by atoms with Crippen LogP contribution >= 0.6 is 11.6 Å². The van der Waals surface area contributed by atoms with Crippen LogP contribution in [0.2, 0.25) is 5.02 Å². The van der Waals surface area contributed by atoms with Gasteiger partial charge in [-0.2, -0.15) is 4.98 Å². The van der Waals surface area contributed by atoms with Gasteiger partial charge in [-0.3, -0.25) is 9.59 Å². The van der Waals surface area contributed by atoms with E-state index in [9.17, 15) is 9.59 Å². The van der Waals surface area contributed by atoms with E-state index in [0.29, 0.717) is 27.7 Å². The maximum atomic E-state index is 12.1. The lowest BCUT2D eigenvalue weighted by Gasteiger charge is -2.06. The first-order chi connectivity index (χ1) is 13.6. The zero-order valence-corrected chi connectivity index (χ0v) is 15.7. The molecule has 3 aromatic rings. The molecule has 0 unspecified atom stereocenters. The van der Waals surface area contributed by atoms with Gasteiger partial charge in [0, 0.05) is 18.7 Å². The van der Waals surface area contributed by atoms with Crippen LogP contribution in [0.15, 0.2) is 53.1 Å². The van der Waals surface area contributed by atoms with Crippen LogP contribution in [-0.2, 0) is 0 Å². The molecule has 0 aliphatic heterocycles. The summed E-state index contributed by atoms with van der Waals surface area (Å²) in [6.07, 6.45) is 0. The van der Waals surface area contributed by atoms with Gasteiger partial charge in [0.25, 0.3) is 5.91 Å². The smallest absolute Gasteiger partial charge is 0.316 e. The summed E-state index contributed by atoms with van der Waals surface area (Å²) in [5, 5.41) is 9.43. The van der Waals surface area contributed by atoms with E-state index in [1.54, 1.807) is 55.6 Å². The van der Waals surface area contributed by atoms with Gasteiger partial charge in [0.2, 0.25) is 5.82 Å². The van der Waals surface area contributed by atoms with Crippen LogP contribution in [-0.4, -0.2) is 42.2 Å². The lowest BCUT2D eigenvalue weighted by Crippen LogP contribution is -2.34. The molecule has 0 bridgehead atoms. The van der Waals surface area contributed by atoms with Gasteiger partial charge < -0.3 is 19.9 Å². The lowest BCUT2D eigenvalue weighted by molar-refractivity contribution is 0.0898. The molecular formula is C19H17ClN4O4. The summed E-state index contributed by atoms with van der Waals surface area (Å²) in [5.74, 6) is -0.0224. The molecule has 28 heavy (non-hydrogen) atoms. The van der Waals surface area contributed by atoms with Gasteiger partial charge in [-0.1, -0.05) is 28.9 Å². The number of halogens is 1. The van der Waals surface area contributed by atoms with E-state index in [4.69, 9.17) is 20.9 Å². The fraction of sp³-hybridized carbons (Fsp3) is 0.158. The predicted octanol–water partition coefficient (Wildman–Crippen LogP) is 2.56. The van der Waals surface area contributed by atoms with Crippen molar-refractivity contribution in [3.8, 4) is 17.1 Å². The quantitative estimate of drug-likeness (QED) is 0.590. The van der Waals surface area contributed by atoms with Crippen LogP contribution < -0.4 is 15.4 Å². The van der Waals surface area contributed by atoms with Crippen molar-refractivity contribution >= 4 is 23.4 Å². The highest BCUT2D eigenvalue weighted by Gasteiger charge is 2.16. The van der Waals surface area contributed by atoms with Gasteiger partial charge in [0.1, 0.15) is 5.75 Å². The summed E-state index contributed by atoms with van der Waals surface area (Å²) in [6, 6.07) is 13.7. The summed E-state index contributed by atoms with van der Waals surface area (Å²) in [6.45, 7) is 0.407. The highest BCUT2D eigenvalue weighted by molar-refractivity contribution is 6.33. The van der Waals surface area contributed by atoms with E-state index in [1.165, 1.54) is 0 Å². The topological polar surface area (TPSA) is 106 Å². The third-order valence-electron chi connectivity index (χ3n) is 3.78. The molecule has 0 radical (unpaired) electrons. The van der Waals surface area contributed by atoms with Gasteiger partial charge in [-0.25, -0.2) is 0 Å². The summed E-state index contributed by atoms with van der Waals surface area (Å²) >= 11 is 5.97. The SMILES string of the molecule is COc1ccc(-c2noc(C(=O)NCCNC(=O)c3ccccc3Cl)n2)cc1. The molecule has 0 aliphatic rings. The largest absolute Gasteiger partial charge is 0.497 e. The minimum absolute atomic E-state index is 0.164. The molecule has 1 aromatic heterocycles. The monoisotopic (exact) mass is 400 g/mol. The van der Waals surface area contributed by atoms with E-state index in [2.05, 4.69) is 20.8 Å². The molecule has 2 amide bonds. The molecule has 0 saturated heterocycles. The van der Waals surface area contributed by atoms with E-state index in [-0.39, 0.29) is 24.9 Å². The van der Waals surface area contributed by atoms with E-state index >= 15 is 0 Å². The average Bonchev–Trinajstić information content (AvgIpc) is 3.21. The Kier molecular flexibility index (Phi) is 6.23. The Labute approximate surface area is 165 Å². The van der Waals surface area contributed by atoms with Crippen molar-refractivity contribution in [1.29, 1.82) is 0 Å². The summed E-state index contributed by atoms with van der Waals surface area (Å²) in [4.78, 5) is 28.2. The maximum absolute atomic E-state index is 12.1. The number of carbonyl (C=O) groups excluding carboxylic acids is 2. The van der Waals surface area contributed by atoms with Crippen LogP contribution in [0.5, 0.6) is 5.75 Å². The lowest BCUT2D eigenvalue weighted by atomic mass is 10.2. The highest BCUT2D eigenvalue weighted by Crippen LogP contribution is 2.19. The number of nitrogens with zero attached hydrogens (tertiary/aromatic N) is 2. The van der Waals surface area contributed by atoms with E-state index in [1.807, 2.05) is 0 Å². The first kappa shape index (κ1) is 19.4. The Morgan fingerprint density at radius 2 is 1.71 bits per heavy atom. The van der Waals surface area contributed by atoms with Gasteiger partial charge in [0.15, 0.2) is 0 Å². The van der Waals surface area contributed by atoms with E-state index in [0.717, 1.165) is 0 Å². The zero-order chi connectivity index (χ0) is 19.9. The molecule has 2 aromatic carbocycles. The summed E-state index contributed by atoms with van der Waals surface area (Å²) in [5.41, 5.74) is 1.06. The molecule has 3 rings (SSSR count). The third kappa shape index (κ3) is 4.66. The average molecular weight is 401 g/mol. The Morgan fingerprint density at radius 1 is 1.04 bits per heavy atom. The second-order valence-electron chi connectivity index (χ2n) is 5.64. The molecule has 8 nitrogen and oxygen atoms in total.